The molecule has 0 bridgehead atoms. The standard InChI is InChI=1S/C7H14F2O4S/c1-2-3-4-5-13-6-7(8,9)14(10,11)12/h2-6H2,1H3,(H,10,11,12). The number of ether oxygens (including phenoxy) is 1. The van der Waals surface area contributed by atoms with Gasteiger partial charge in [0.25, 0.3) is 0 Å². The molecule has 0 amide bonds. The van der Waals surface area contributed by atoms with Gasteiger partial charge in [0.2, 0.25) is 0 Å². The lowest BCUT2D eigenvalue weighted by Crippen LogP contribution is -2.33. The Kier molecular flexibility index (Phi) is 5.46. The maximum Gasteiger partial charge on any atom is 0.392 e. The number of halogens is 2. The van der Waals surface area contributed by atoms with Gasteiger partial charge in [0, 0.05) is 6.61 Å². The van der Waals surface area contributed by atoms with Crippen molar-refractivity contribution in [3.63, 3.8) is 0 Å². The normalized spacial score (nSPS) is 13.1. The van der Waals surface area contributed by atoms with Crippen LogP contribution in [0, 0.1) is 0 Å². The van der Waals surface area contributed by atoms with Gasteiger partial charge in [-0.15, -0.1) is 0 Å². The summed E-state index contributed by atoms with van der Waals surface area (Å²) in [5, 5.41) is -4.21. The minimum atomic E-state index is -5.35. The topological polar surface area (TPSA) is 63.6 Å². The SMILES string of the molecule is CCCCCOCC(F)(F)S(=O)(=O)O. The van der Waals surface area contributed by atoms with Crippen LogP contribution < -0.4 is 0 Å². The molecule has 0 aromatic heterocycles. The molecule has 0 atom stereocenters. The molecular weight excluding hydrogens is 218 g/mol. The molecule has 4 nitrogen and oxygen atoms in total. The maximum atomic E-state index is 12.5. The van der Waals surface area contributed by atoms with E-state index in [1.165, 1.54) is 0 Å². The summed E-state index contributed by atoms with van der Waals surface area (Å²) in [6, 6.07) is 0. The second-order valence-electron chi connectivity index (χ2n) is 2.87. The van der Waals surface area contributed by atoms with Crippen molar-refractivity contribution in [3.05, 3.63) is 0 Å². The molecule has 0 aliphatic rings. The summed E-state index contributed by atoms with van der Waals surface area (Å²) in [5.74, 6) is 0. The summed E-state index contributed by atoms with van der Waals surface area (Å²) in [7, 11) is -5.35. The zero-order chi connectivity index (χ0) is 11.2. The third-order valence-electron chi connectivity index (χ3n) is 1.54. The van der Waals surface area contributed by atoms with Gasteiger partial charge < -0.3 is 4.74 Å². The fourth-order valence-electron chi connectivity index (χ4n) is 0.720. The van der Waals surface area contributed by atoms with Gasteiger partial charge in [-0.3, -0.25) is 4.55 Å². The number of unbranched alkanes of at least 4 members (excludes halogenated alkanes) is 2. The average molecular weight is 232 g/mol. The van der Waals surface area contributed by atoms with Gasteiger partial charge in [-0.1, -0.05) is 19.8 Å². The highest BCUT2D eigenvalue weighted by atomic mass is 32.2. The first-order valence-electron chi connectivity index (χ1n) is 4.24. The maximum absolute atomic E-state index is 12.5. The van der Waals surface area contributed by atoms with E-state index in [9.17, 15) is 17.2 Å². The Bertz CT molecular complexity index is 250. The van der Waals surface area contributed by atoms with Crippen LogP contribution in [0.4, 0.5) is 8.78 Å². The van der Waals surface area contributed by atoms with Crippen molar-refractivity contribution in [1.29, 1.82) is 0 Å². The summed E-state index contributed by atoms with van der Waals surface area (Å²) < 4.78 is 57.7. The molecule has 0 aromatic carbocycles. The summed E-state index contributed by atoms with van der Waals surface area (Å²) in [6.07, 6.45) is 2.34. The van der Waals surface area contributed by atoms with Crippen molar-refractivity contribution < 1.29 is 26.5 Å². The summed E-state index contributed by atoms with van der Waals surface area (Å²) in [5.41, 5.74) is 0. The number of hydrogen-bond donors (Lipinski definition) is 1. The van der Waals surface area contributed by atoms with Crippen LogP contribution in [0.1, 0.15) is 26.2 Å². The Morgan fingerprint density at radius 3 is 2.36 bits per heavy atom. The minimum Gasteiger partial charge on any atom is -0.374 e. The van der Waals surface area contributed by atoms with Gasteiger partial charge >= 0.3 is 15.4 Å². The van der Waals surface area contributed by atoms with Gasteiger partial charge in [-0.25, -0.2) is 0 Å². The first-order valence-corrected chi connectivity index (χ1v) is 5.68. The first-order chi connectivity index (χ1) is 6.31. The van der Waals surface area contributed by atoms with E-state index < -0.39 is 22.0 Å². The Morgan fingerprint density at radius 1 is 1.36 bits per heavy atom. The van der Waals surface area contributed by atoms with Crippen LogP contribution in [0.5, 0.6) is 0 Å². The van der Waals surface area contributed by atoms with E-state index in [1.54, 1.807) is 0 Å². The smallest absolute Gasteiger partial charge is 0.374 e. The molecule has 14 heavy (non-hydrogen) atoms. The van der Waals surface area contributed by atoms with Crippen LogP contribution in [-0.4, -0.2) is 31.4 Å². The Labute approximate surface area is 82.0 Å². The minimum absolute atomic E-state index is 0.0684. The van der Waals surface area contributed by atoms with Crippen LogP contribution >= 0.6 is 0 Å². The van der Waals surface area contributed by atoms with E-state index in [2.05, 4.69) is 4.74 Å². The van der Waals surface area contributed by atoms with Gasteiger partial charge in [-0.2, -0.15) is 17.2 Å². The lowest BCUT2D eigenvalue weighted by Gasteiger charge is -2.12. The highest BCUT2D eigenvalue weighted by Crippen LogP contribution is 2.20. The van der Waals surface area contributed by atoms with Crippen molar-refractivity contribution in [2.45, 2.75) is 31.4 Å². The van der Waals surface area contributed by atoms with E-state index >= 15 is 0 Å². The molecule has 0 rings (SSSR count). The van der Waals surface area contributed by atoms with Crippen LogP contribution in [0.2, 0.25) is 0 Å². The van der Waals surface area contributed by atoms with Crippen LogP contribution in [-0.2, 0) is 14.9 Å². The summed E-state index contributed by atoms with van der Waals surface area (Å²) >= 11 is 0. The molecule has 0 fully saturated rings. The van der Waals surface area contributed by atoms with E-state index in [0.29, 0.717) is 6.42 Å². The summed E-state index contributed by atoms with van der Waals surface area (Å²) in [6.45, 7) is 0.710. The highest BCUT2D eigenvalue weighted by molar-refractivity contribution is 7.86. The largest absolute Gasteiger partial charge is 0.392 e. The zero-order valence-corrected chi connectivity index (χ0v) is 8.69. The molecule has 1 N–H and O–H groups in total. The molecule has 0 spiro atoms. The molecule has 7 heteroatoms. The molecule has 0 saturated heterocycles. The van der Waals surface area contributed by atoms with Crippen LogP contribution in [0.3, 0.4) is 0 Å². The van der Waals surface area contributed by atoms with Crippen molar-refractivity contribution >= 4 is 10.1 Å². The fourth-order valence-corrected chi connectivity index (χ4v) is 0.952. The lowest BCUT2D eigenvalue weighted by molar-refractivity contribution is -0.0211. The lowest BCUT2D eigenvalue weighted by atomic mass is 10.3. The predicted octanol–water partition coefficient (Wildman–Crippen LogP) is 1.67. The first kappa shape index (κ1) is 13.7. The van der Waals surface area contributed by atoms with Crippen molar-refractivity contribution in [1.82, 2.24) is 0 Å². The van der Waals surface area contributed by atoms with E-state index in [0.717, 1.165) is 12.8 Å². The Balaban J connectivity index is 3.79. The summed E-state index contributed by atoms with van der Waals surface area (Å²) in [4.78, 5) is 0. The molecule has 0 radical (unpaired) electrons. The highest BCUT2D eigenvalue weighted by Gasteiger charge is 2.44. The Morgan fingerprint density at radius 2 is 1.93 bits per heavy atom. The zero-order valence-electron chi connectivity index (χ0n) is 7.87. The third-order valence-corrected chi connectivity index (χ3v) is 2.41. The molecule has 0 aliphatic heterocycles. The van der Waals surface area contributed by atoms with E-state index in [1.807, 2.05) is 6.92 Å². The Hall–Kier alpha value is -0.270. The molecule has 0 heterocycles. The van der Waals surface area contributed by atoms with Gasteiger partial charge in [0.05, 0.1) is 0 Å². The number of alkyl halides is 2. The number of rotatable bonds is 7. The fraction of sp³-hybridized carbons (Fsp3) is 1.00. The van der Waals surface area contributed by atoms with Crippen molar-refractivity contribution in [2.75, 3.05) is 13.2 Å². The quantitative estimate of drug-likeness (QED) is 0.535. The molecular formula is C7H14F2O4S. The molecule has 0 aliphatic carbocycles. The number of hydrogen-bond acceptors (Lipinski definition) is 3. The van der Waals surface area contributed by atoms with E-state index in [-0.39, 0.29) is 6.61 Å². The monoisotopic (exact) mass is 232 g/mol. The van der Waals surface area contributed by atoms with Gasteiger partial charge in [0.15, 0.2) is 0 Å². The van der Waals surface area contributed by atoms with Crippen LogP contribution in [0.15, 0.2) is 0 Å². The van der Waals surface area contributed by atoms with Gasteiger partial charge in [0.1, 0.15) is 6.61 Å². The van der Waals surface area contributed by atoms with Crippen LogP contribution in [0.25, 0.3) is 0 Å². The third kappa shape index (κ3) is 4.83. The average Bonchev–Trinajstić information content (AvgIpc) is 2.02. The van der Waals surface area contributed by atoms with E-state index in [4.69, 9.17) is 4.55 Å². The molecule has 0 unspecified atom stereocenters. The second kappa shape index (κ2) is 5.57. The molecule has 0 saturated carbocycles. The van der Waals surface area contributed by atoms with Crippen molar-refractivity contribution in [2.24, 2.45) is 0 Å². The van der Waals surface area contributed by atoms with Crippen molar-refractivity contribution in [3.8, 4) is 0 Å². The van der Waals surface area contributed by atoms with Gasteiger partial charge in [-0.05, 0) is 6.42 Å². The second-order valence-corrected chi connectivity index (χ2v) is 4.42. The molecule has 0 aromatic rings. The predicted molar refractivity (Wildman–Crippen MR) is 46.8 cm³/mol. The molecule has 86 valence electrons.